The first-order chi connectivity index (χ1) is 10.2. The number of rotatable bonds is 6. The Bertz CT molecular complexity index is 639. The minimum Gasteiger partial charge on any atom is -0.367 e. The van der Waals surface area contributed by atoms with E-state index in [0.717, 1.165) is 29.8 Å². The standard InChI is InChI=1S/C15H22N6/c1-20(2)12(10-3-4-10)9-16-13-7-8-14-17-18-15(11-5-6-11)21(14)19-13/h7-8,10-12H,3-6,9H2,1-2H3,(H,16,19). The van der Waals surface area contributed by atoms with Crippen LogP contribution in [0, 0.1) is 5.92 Å². The second-order valence-electron chi connectivity index (χ2n) is 6.57. The molecule has 2 fully saturated rings. The Labute approximate surface area is 124 Å². The van der Waals surface area contributed by atoms with Gasteiger partial charge in [-0.15, -0.1) is 15.3 Å². The van der Waals surface area contributed by atoms with E-state index < -0.39 is 0 Å². The molecule has 21 heavy (non-hydrogen) atoms. The van der Waals surface area contributed by atoms with E-state index in [1.165, 1.54) is 25.7 Å². The van der Waals surface area contributed by atoms with Crippen LogP contribution in [0.1, 0.15) is 37.4 Å². The van der Waals surface area contributed by atoms with Crippen LogP contribution in [0.4, 0.5) is 5.82 Å². The van der Waals surface area contributed by atoms with Crippen LogP contribution in [0.5, 0.6) is 0 Å². The SMILES string of the molecule is CN(C)C(CNc1ccc2nnc(C3CC3)n2n1)C1CC1. The molecule has 1 atom stereocenters. The minimum absolute atomic E-state index is 0.559. The maximum absolute atomic E-state index is 4.67. The van der Waals surface area contributed by atoms with E-state index in [9.17, 15) is 0 Å². The van der Waals surface area contributed by atoms with Gasteiger partial charge in [-0.3, -0.25) is 0 Å². The van der Waals surface area contributed by atoms with Gasteiger partial charge in [-0.05, 0) is 57.8 Å². The van der Waals surface area contributed by atoms with Crippen molar-refractivity contribution in [3.63, 3.8) is 0 Å². The monoisotopic (exact) mass is 286 g/mol. The molecule has 1 unspecified atom stereocenters. The molecule has 0 aliphatic heterocycles. The molecule has 0 saturated heterocycles. The molecular formula is C15H22N6. The van der Waals surface area contributed by atoms with Gasteiger partial charge in [-0.25, -0.2) is 0 Å². The van der Waals surface area contributed by atoms with Crippen LogP contribution in [0.25, 0.3) is 5.65 Å². The number of hydrogen-bond donors (Lipinski definition) is 1. The molecule has 6 heteroatoms. The van der Waals surface area contributed by atoms with Crippen molar-refractivity contribution in [2.24, 2.45) is 5.92 Å². The lowest BCUT2D eigenvalue weighted by atomic mass is 10.1. The average molecular weight is 286 g/mol. The van der Waals surface area contributed by atoms with Crippen LogP contribution in [0.15, 0.2) is 12.1 Å². The molecule has 0 bridgehead atoms. The van der Waals surface area contributed by atoms with Crippen LogP contribution in [-0.4, -0.2) is 51.4 Å². The second-order valence-corrected chi connectivity index (χ2v) is 6.57. The van der Waals surface area contributed by atoms with E-state index in [-0.39, 0.29) is 0 Å². The van der Waals surface area contributed by atoms with Crippen molar-refractivity contribution >= 4 is 11.5 Å². The van der Waals surface area contributed by atoms with Crippen molar-refractivity contribution in [2.75, 3.05) is 26.0 Å². The zero-order valence-electron chi connectivity index (χ0n) is 12.7. The second kappa shape index (κ2) is 4.94. The van der Waals surface area contributed by atoms with Crippen molar-refractivity contribution in [3.05, 3.63) is 18.0 Å². The summed E-state index contributed by atoms with van der Waals surface area (Å²) in [5, 5.41) is 16.6. The summed E-state index contributed by atoms with van der Waals surface area (Å²) in [4.78, 5) is 2.32. The Kier molecular flexibility index (Phi) is 3.06. The maximum atomic E-state index is 4.67. The van der Waals surface area contributed by atoms with E-state index >= 15 is 0 Å². The smallest absolute Gasteiger partial charge is 0.178 e. The molecule has 0 radical (unpaired) electrons. The number of nitrogens with zero attached hydrogens (tertiary/aromatic N) is 5. The van der Waals surface area contributed by atoms with Gasteiger partial charge in [0.05, 0.1) is 0 Å². The number of anilines is 1. The maximum Gasteiger partial charge on any atom is 0.178 e. The predicted octanol–water partition coefficient (Wildman–Crippen LogP) is 1.75. The number of aromatic nitrogens is 4. The first-order valence-electron chi connectivity index (χ1n) is 7.85. The lowest BCUT2D eigenvalue weighted by Crippen LogP contribution is -2.36. The van der Waals surface area contributed by atoms with E-state index in [0.29, 0.717) is 12.0 Å². The fraction of sp³-hybridized carbons (Fsp3) is 0.667. The van der Waals surface area contributed by atoms with Crippen molar-refractivity contribution in [2.45, 2.75) is 37.6 Å². The van der Waals surface area contributed by atoms with E-state index in [1.807, 2.05) is 16.6 Å². The highest BCUT2D eigenvalue weighted by molar-refractivity contribution is 5.44. The van der Waals surface area contributed by atoms with Crippen LogP contribution in [0.3, 0.4) is 0 Å². The van der Waals surface area contributed by atoms with E-state index in [2.05, 4.69) is 39.6 Å². The lowest BCUT2D eigenvalue weighted by molar-refractivity contribution is 0.276. The van der Waals surface area contributed by atoms with Crippen LogP contribution >= 0.6 is 0 Å². The van der Waals surface area contributed by atoms with Crippen molar-refractivity contribution < 1.29 is 0 Å². The first-order valence-corrected chi connectivity index (χ1v) is 7.85. The topological polar surface area (TPSA) is 58.3 Å². The molecule has 0 amide bonds. The third-order valence-corrected chi connectivity index (χ3v) is 4.55. The fourth-order valence-corrected chi connectivity index (χ4v) is 2.96. The molecule has 4 rings (SSSR count). The van der Waals surface area contributed by atoms with Crippen molar-refractivity contribution in [1.29, 1.82) is 0 Å². The van der Waals surface area contributed by atoms with Crippen molar-refractivity contribution in [3.8, 4) is 0 Å². The van der Waals surface area contributed by atoms with E-state index in [1.54, 1.807) is 0 Å². The summed E-state index contributed by atoms with van der Waals surface area (Å²) in [7, 11) is 4.32. The Morgan fingerprint density at radius 3 is 2.71 bits per heavy atom. The normalized spacial score (nSPS) is 20.1. The number of fused-ring (bicyclic) bond motifs is 1. The van der Waals surface area contributed by atoms with Gasteiger partial charge in [0, 0.05) is 18.5 Å². The molecule has 0 aromatic carbocycles. The van der Waals surface area contributed by atoms with Gasteiger partial charge >= 0.3 is 0 Å². The summed E-state index contributed by atoms with van der Waals surface area (Å²) >= 11 is 0. The molecule has 2 saturated carbocycles. The molecule has 2 aromatic rings. The molecule has 112 valence electrons. The lowest BCUT2D eigenvalue weighted by Gasteiger charge is -2.24. The van der Waals surface area contributed by atoms with Gasteiger partial charge in [0.15, 0.2) is 11.5 Å². The third-order valence-electron chi connectivity index (χ3n) is 4.55. The Balaban J connectivity index is 1.51. The number of nitrogens with one attached hydrogen (secondary N) is 1. The first kappa shape index (κ1) is 13.0. The van der Waals surface area contributed by atoms with Gasteiger partial charge in [-0.2, -0.15) is 4.52 Å². The van der Waals surface area contributed by atoms with Crippen molar-refractivity contribution in [1.82, 2.24) is 24.7 Å². The number of likely N-dealkylation sites (N-methyl/N-ethyl adjacent to an activating group) is 1. The highest BCUT2D eigenvalue weighted by Crippen LogP contribution is 2.38. The Morgan fingerprint density at radius 1 is 1.24 bits per heavy atom. The number of hydrogen-bond acceptors (Lipinski definition) is 5. The summed E-state index contributed by atoms with van der Waals surface area (Å²) in [5.74, 6) is 3.33. The van der Waals surface area contributed by atoms with Crippen LogP contribution in [-0.2, 0) is 0 Å². The fourth-order valence-electron chi connectivity index (χ4n) is 2.96. The minimum atomic E-state index is 0.559. The Hall–Kier alpha value is -1.69. The summed E-state index contributed by atoms with van der Waals surface area (Å²) < 4.78 is 1.90. The van der Waals surface area contributed by atoms with Gasteiger partial charge < -0.3 is 10.2 Å². The van der Waals surface area contributed by atoms with Gasteiger partial charge in [0.1, 0.15) is 5.82 Å². The molecule has 2 aliphatic carbocycles. The van der Waals surface area contributed by atoms with Gasteiger partial charge in [-0.1, -0.05) is 0 Å². The summed E-state index contributed by atoms with van der Waals surface area (Å²) in [6.45, 7) is 0.942. The molecular weight excluding hydrogens is 264 g/mol. The highest BCUT2D eigenvalue weighted by Gasteiger charge is 2.32. The third kappa shape index (κ3) is 2.60. The van der Waals surface area contributed by atoms with E-state index in [4.69, 9.17) is 0 Å². The molecule has 2 heterocycles. The quantitative estimate of drug-likeness (QED) is 0.877. The molecule has 1 N–H and O–H groups in total. The zero-order valence-corrected chi connectivity index (χ0v) is 12.7. The van der Waals surface area contributed by atoms with Gasteiger partial charge in [0.25, 0.3) is 0 Å². The molecule has 0 spiro atoms. The molecule has 2 aliphatic rings. The highest BCUT2D eigenvalue weighted by atomic mass is 15.4. The summed E-state index contributed by atoms with van der Waals surface area (Å²) in [6, 6.07) is 4.59. The predicted molar refractivity (Wildman–Crippen MR) is 81.4 cm³/mol. The zero-order chi connectivity index (χ0) is 14.4. The van der Waals surface area contributed by atoms with Crippen LogP contribution in [0.2, 0.25) is 0 Å². The van der Waals surface area contributed by atoms with Gasteiger partial charge in [0.2, 0.25) is 0 Å². The average Bonchev–Trinajstić information content (AvgIpc) is 3.37. The molecule has 6 nitrogen and oxygen atoms in total. The molecule has 2 aromatic heterocycles. The van der Waals surface area contributed by atoms with Crippen LogP contribution < -0.4 is 5.32 Å². The Morgan fingerprint density at radius 2 is 2.05 bits per heavy atom. The summed E-state index contributed by atoms with van der Waals surface area (Å²) in [5.41, 5.74) is 0.841. The summed E-state index contributed by atoms with van der Waals surface area (Å²) in [6.07, 6.45) is 5.14. The largest absolute Gasteiger partial charge is 0.367 e.